The molecule has 106 valence electrons. The smallest absolute Gasteiger partial charge is 0.224 e. The summed E-state index contributed by atoms with van der Waals surface area (Å²) in [6.45, 7) is 6.33. The van der Waals surface area contributed by atoms with Crippen molar-refractivity contribution < 1.29 is 9.53 Å². The molecule has 1 saturated heterocycles. The third-order valence-electron chi connectivity index (χ3n) is 3.44. The lowest BCUT2D eigenvalue weighted by Gasteiger charge is -2.27. The number of nitrogens with one attached hydrogen (secondary N) is 1. The van der Waals surface area contributed by atoms with Crippen molar-refractivity contribution in [1.82, 2.24) is 10.2 Å². The standard InChI is InChI=1S/C13H24N2O2.ClH/c1-2-6-15(9-11-3-4-11)13(16)8-12-10-17-7-5-14-12;/h11-12,14H,2-10H2,1H3;1H. The molecule has 1 saturated carbocycles. The Morgan fingerprint density at radius 2 is 2.22 bits per heavy atom. The first-order valence-electron chi connectivity index (χ1n) is 6.88. The molecule has 2 rings (SSSR count). The molecule has 1 amide bonds. The van der Waals surface area contributed by atoms with E-state index >= 15 is 0 Å². The zero-order valence-electron chi connectivity index (χ0n) is 11.2. The number of amides is 1. The summed E-state index contributed by atoms with van der Waals surface area (Å²) in [4.78, 5) is 14.2. The highest BCUT2D eigenvalue weighted by molar-refractivity contribution is 5.85. The number of morpholine rings is 1. The van der Waals surface area contributed by atoms with E-state index in [-0.39, 0.29) is 18.4 Å². The Morgan fingerprint density at radius 1 is 1.44 bits per heavy atom. The normalized spacial score (nSPS) is 23.3. The van der Waals surface area contributed by atoms with E-state index in [4.69, 9.17) is 4.74 Å². The quantitative estimate of drug-likeness (QED) is 0.798. The van der Waals surface area contributed by atoms with Crippen LogP contribution in [0.1, 0.15) is 32.6 Å². The van der Waals surface area contributed by atoms with E-state index in [1.54, 1.807) is 0 Å². The summed E-state index contributed by atoms with van der Waals surface area (Å²) in [7, 11) is 0. The van der Waals surface area contributed by atoms with Crippen LogP contribution in [0.5, 0.6) is 0 Å². The largest absolute Gasteiger partial charge is 0.378 e. The minimum absolute atomic E-state index is 0. The van der Waals surface area contributed by atoms with Crippen LogP contribution in [0.3, 0.4) is 0 Å². The summed E-state index contributed by atoms with van der Waals surface area (Å²) < 4.78 is 5.38. The van der Waals surface area contributed by atoms with Gasteiger partial charge in [0.25, 0.3) is 0 Å². The highest BCUT2D eigenvalue weighted by Gasteiger charge is 2.27. The van der Waals surface area contributed by atoms with Crippen molar-refractivity contribution in [2.75, 3.05) is 32.8 Å². The predicted octanol–water partition coefficient (Wildman–Crippen LogP) is 1.44. The molecule has 1 aliphatic heterocycles. The van der Waals surface area contributed by atoms with Gasteiger partial charge in [-0.15, -0.1) is 12.4 Å². The van der Waals surface area contributed by atoms with Crippen LogP contribution in [0.2, 0.25) is 0 Å². The van der Waals surface area contributed by atoms with Gasteiger partial charge in [0.05, 0.1) is 13.2 Å². The van der Waals surface area contributed by atoms with Gasteiger partial charge in [0, 0.05) is 32.1 Å². The summed E-state index contributed by atoms with van der Waals surface area (Å²) in [6.07, 6.45) is 4.25. The molecule has 0 spiro atoms. The van der Waals surface area contributed by atoms with Crippen LogP contribution in [0.25, 0.3) is 0 Å². The number of carbonyl (C=O) groups excluding carboxylic acids is 1. The van der Waals surface area contributed by atoms with E-state index < -0.39 is 0 Å². The van der Waals surface area contributed by atoms with Gasteiger partial charge in [-0.3, -0.25) is 4.79 Å². The maximum atomic E-state index is 12.2. The fraction of sp³-hybridized carbons (Fsp3) is 0.923. The molecule has 1 heterocycles. The molecule has 1 atom stereocenters. The van der Waals surface area contributed by atoms with Crippen LogP contribution in [0.4, 0.5) is 0 Å². The van der Waals surface area contributed by atoms with Crippen LogP contribution < -0.4 is 5.32 Å². The predicted molar refractivity (Wildman–Crippen MR) is 74.1 cm³/mol. The van der Waals surface area contributed by atoms with Gasteiger partial charge >= 0.3 is 0 Å². The molecule has 2 aliphatic rings. The second-order valence-electron chi connectivity index (χ2n) is 5.21. The van der Waals surface area contributed by atoms with Crippen molar-refractivity contribution in [2.24, 2.45) is 5.92 Å². The molecule has 0 aromatic rings. The molecule has 4 nitrogen and oxygen atoms in total. The van der Waals surface area contributed by atoms with Crippen molar-refractivity contribution in [3.05, 3.63) is 0 Å². The number of rotatable bonds is 6. The van der Waals surface area contributed by atoms with Crippen LogP contribution in [-0.2, 0) is 9.53 Å². The fourth-order valence-electron chi connectivity index (χ4n) is 2.29. The Hall–Kier alpha value is -0.320. The van der Waals surface area contributed by atoms with Gasteiger partial charge in [-0.05, 0) is 25.2 Å². The lowest BCUT2D eigenvalue weighted by molar-refractivity contribution is -0.132. The van der Waals surface area contributed by atoms with E-state index in [1.165, 1.54) is 12.8 Å². The molecule has 1 aliphatic carbocycles. The van der Waals surface area contributed by atoms with Crippen molar-refractivity contribution in [3.8, 4) is 0 Å². The molecule has 0 bridgehead atoms. The SMILES string of the molecule is CCCN(CC1CC1)C(=O)CC1COCCN1.Cl. The van der Waals surface area contributed by atoms with E-state index in [1.807, 2.05) is 4.90 Å². The monoisotopic (exact) mass is 276 g/mol. The Balaban J connectivity index is 0.00000162. The Labute approximate surface area is 116 Å². The van der Waals surface area contributed by atoms with Crippen molar-refractivity contribution in [1.29, 1.82) is 0 Å². The second kappa shape index (κ2) is 7.97. The van der Waals surface area contributed by atoms with E-state index in [0.717, 1.165) is 38.6 Å². The van der Waals surface area contributed by atoms with E-state index in [9.17, 15) is 4.79 Å². The van der Waals surface area contributed by atoms with Crippen molar-refractivity contribution in [3.63, 3.8) is 0 Å². The summed E-state index contributed by atoms with van der Waals surface area (Å²) in [5.74, 6) is 1.07. The molecule has 0 radical (unpaired) electrons. The third-order valence-corrected chi connectivity index (χ3v) is 3.44. The highest BCUT2D eigenvalue weighted by Crippen LogP contribution is 2.30. The van der Waals surface area contributed by atoms with Gasteiger partial charge in [0.1, 0.15) is 0 Å². The number of nitrogens with zero attached hydrogens (tertiary/aromatic N) is 1. The highest BCUT2D eigenvalue weighted by atomic mass is 35.5. The number of hydrogen-bond acceptors (Lipinski definition) is 3. The summed E-state index contributed by atoms with van der Waals surface area (Å²) in [5, 5.41) is 3.34. The minimum Gasteiger partial charge on any atom is -0.378 e. The van der Waals surface area contributed by atoms with Gasteiger partial charge in [0.2, 0.25) is 5.91 Å². The number of ether oxygens (including phenoxy) is 1. The molecule has 2 fully saturated rings. The molecule has 1 unspecified atom stereocenters. The van der Waals surface area contributed by atoms with Gasteiger partial charge in [-0.2, -0.15) is 0 Å². The molecule has 5 heteroatoms. The molecule has 1 N–H and O–H groups in total. The van der Waals surface area contributed by atoms with Crippen molar-refractivity contribution >= 4 is 18.3 Å². The Kier molecular flexibility index (Phi) is 6.97. The molecule has 0 aromatic carbocycles. The van der Waals surface area contributed by atoms with Gasteiger partial charge in [-0.1, -0.05) is 6.92 Å². The molecule has 18 heavy (non-hydrogen) atoms. The summed E-state index contributed by atoms with van der Waals surface area (Å²) >= 11 is 0. The lowest BCUT2D eigenvalue weighted by atomic mass is 10.1. The van der Waals surface area contributed by atoms with Crippen LogP contribution in [0, 0.1) is 5.92 Å². The zero-order chi connectivity index (χ0) is 12.1. The molecule has 0 aromatic heterocycles. The van der Waals surface area contributed by atoms with Gasteiger partial charge in [0.15, 0.2) is 0 Å². The Bertz CT molecular complexity index is 253. The first-order valence-corrected chi connectivity index (χ1v) is 6.88. The van der Waals surface area contributed by atoms with Gasteiger partial charge < -0.3 is 15.0 Å². The lowest BCUT2D eigenvalue weighted by Crippen LogP contribution is -2.45. The third kappa shape index (κ3) is 5.12. The van der Waals surface area contributed by atoms with Crippen LogP contribution in [0.15, 0.2) is 0 Å². The average molecular weight is 277 g/mol. The first-order chi connectivity index (χ1) is 8.29. The Morgan fingerprint density at radius 3 is 2.78 bits per heavy atom. The van der Waals surface area contributed by atoms with E-state index in [2.05, 4.69) is 12.2 Å². The second-order valence-corrected chi connectivity index (χ2v) is 5.21. The maximum absolute atomic E-state index is 12.2. The minimum atomic E-state index is 0. The number of carbonyl (C=O) groups is 1. The maximum Gasteiger partial charge on any atom is 0.224 e. The zero-order valence-corrected chi connectivity index (χ0v) is 12.0. The van der Waals surface area contributed by atoms with Crippen LogP contribution in [-0.4, -0.2) is 49.7 Å². The summed E-state index contributed by atoms with van der Waals surface area (Å²) in [6, 6.07) is 0.217. The van der Waals surface area contributed by atoms with Crippen LogP contribution >= 0.6 is 12.4 Å². The number of hydrogen-bond donors (Lipinski definition) is 1. The first kappa shape index (κ1) is 15.7. The van der Waals surface area contributed by atoms with Gasteiger partial charge in [-0.25, -0.2) is 0 Å². The summed E-state index contributed by atoms with van der Waals surface area (Å²) in [5.41, 5.74) is 0. The fourth-order valence-corrected chi connectivity index (χ4v) is 2.29. The topological polar surface area (TPSA) is 41.6 Å². The average Bonchev–Trinajstić information content (AvgIpc) is 3.14. The molecular formula is C13H25ClN2O2. The van der Waals surface area contributed by atoms with E-state index in [0.29, 0.717) is 18.9 Å². The van der Waals surface area contributed by atoms with Crippen molar-refractivity contribution in [2.45, 2.75) is 38.6 Å². The molecular weight excluding hydrogens is 252 g/mol. The number of halogens is 1.